The van der Waals surface area contributed by atoms with E-state index in [0.717, 1.165) is 0 Å². The molecule has 0 saturated heterocycles. The predicted molar refractivity (Wildman–Crippen MR) is 303 cm³/mol. The van der Waals surface area contributed by atoms with E-state index in [0.29, 0.717) is 0 Å². The summed E-state index contributed by atoms with van der Waals surface area (Å²) in [5, 5.41) is 5.21. The smallest absolute Gasteiger partial charge is 0.0212 e. The summed E-state index contributed by atoms with van der Waals surface area (Å²) in [6.07, 6.45) is 10.1. The van der Waals surface area contributed by atoms with Gasteiger partial charge in [-0.25, -0.2) is 0 Å². The molecule has 0 saturated carbocycles. The fourth-order valence-corrected chi connectivity index (χ4v) is 12.3. The zero-order valence-corrected chi connectivity index (χ0v) is 43.3. The minimum absolute atomic E-state index is 0.00127. The lowest BCUT2D eigenvalue weighted by Gasteiger charge is -2.31. The maximum atomic E-state index is 2.58. The molecular formula is C70H66. The molecule has 0 heteroatoms. The van der Waals surface area contributed by atoms with E-state index in [2.05, 4.69) is 253 Å². The first-order chi connectivity index (χ1) is 33.3. The summed E-state index contributed by atoms with van der Waals surface area (Å²) < 4.78 is 0. The van der Waals surface area contributed by atoms with Crippen LogP contribution in [0.4, 0.5) is 0 Å². The van der Waals surface area contributed by atoms with Crippen molar-refractivity contribution in [3.8, 4) is 44.5 Å². The summed E-state index contributed by atoms with van der Waals surface area (Å²) >= 11 is 0. The number of hydrogen-bond donors (Lipinski definition) is 0. The Morgan fingerprint density at radius 2 is 0.571 bits per heavy atom. The van der Waals surface area contributed by atoms with Crippen LogP contribution in [0.3, 0.4) is 0 Å². The van der Waals surface area contributed by atoms with Crippen LogP contribution in [0.25, 0.3) is 88.3 Å². The molecule has 70 heavy (non-hydrogen) atoms. The van der Waals surface area contributed by atoms with Crippen molar-refractivity contribution in [1.29, 1.82) is 0 Å². The van der Waals surface area contributed by atoms with E-state index in [1.54, 1.807) is 0 Å². The largest absolute Gasteiger partial charge is 0.0622 e. The van der Waals surface area contributed by atoms with Crippen LogP contribution in [0.1, 0.15) is 128 Å². The molecule has 0 unspecified atom stereocenters. The number of fused-ring (bicyclic) bond motifs is 8. The van der Waals surface area contributed by atoms with Gasteiger partial charge in [-0.15, -0.1) is 0 Å². The van der Waals surface area contributed by atoms with Gasteiger partial charge in [0, 0.05) is 11.8 Å². The van der Waals surface area contributed by atoms with Crippen LogP contribution >= 0.6 is 0 Å². The van der Waals surface area contributed by atoms with Crippen LogP contribution in [0.2, 0.25) is 0 Å². The Kier molecular flexibility index (Phi) is 9.76. The Balaban J connectivity index is 1.15. The van der Waals surface area contributed by atoms with E-state index in [1.165, 1.54) is 133 Å². The van der Waals surface area contributed by atoms with Gasteiger partial charge in [-0.2, -0.15) is 0 Å². The van der Waals surface area contributed by atoms with Gasteiger partial charge in [0.15, 0.2) is 0 Å². The van der Waals surface area contributed by atoms with Gasteiger partial charge in [-0.3, -0.25) is 0 Å². The number of allylic oxidation sites excluding steroid dienone is 8. The summed E-state index contributed by atoms with van der Waals surface area (Å²) in [4.78, 5) is 0. The lowest BCUT2D eigenvalue weighted by atomic mass is 9.71. The van der Waals surface area contributed by atoms with E-state index in [-0.39, 0.29) is 33.5 Å². The third-order valence-corrected chi connectivity index (χ3v) is 16.2. The molecule has 4 aliphatic carbocycles. The molecule has 12 rings (SSSR count). The maximum Gasteiger partial charge on any atom is 0.0212 e. The summed E-state index contributed by atoms with van der Waals surface area (Å²) in [6, 6.07) is 56.3. The molecule has 0 N–H and O–H groups in total. The summed E-state index contributed by atoms with van der Waals surface area (Å²) in [6.45, 7) is 28.3. The molecule has 8 aromatic carbocycles. The average molecular weight is 907 g/mol. The monoisotopic (exact) mass is 907 g/mol. The number of hydrogen-bond acceptors (Lipinski definition) is 0. The topological polar surface area (TPSA) is 0 Å². The first kappa shape index (κ1) is 44.4. The van der Waals surface area contributed by atoms with Crippen LogP contribution in [-0.4, -0.2) is 0 Å². The van der Waals surface area contributed by atoms with E-state index >= 15 is 0 Å². The van der Waals surface area contributed by atoms with Crippen LogP contribution in [0.15, 0.2) is 170 Å². The summed E-state index contributed by atoms with van der Waals surface area (Å²) in [5.41, 5.74) is 27.3. The lowest BCUT2D eigenvalue weighted by Crippen LogP contribution is -2.18. The SMILES string of the molecule is CC(C)(C)c1cc(-c2ccc(-c3cc(C(C)(C)C)cc(C(C)(C)C)c3)c3c2C2=CC=C4c5cc6c(-c7ccccc7)c7ccccc7c(-c7ccccc7)c6cc5C5=CC=C3C2C45)cc(C(C)(C)C)c1. The molecule has 0 radical (unpaired) electrons. The maximum absolute atomic E-state index is 2.58. The molecule has 0 nitrogen and oxygen atoms in total. The summed E-state index contributed by atoms with van der Waals surface area (Å²) in [5.74, 6) is 0.416. The van der Waals surface area contributed by atoms with Gasteiger partial charge in [0.05, 0.1) is 0 Å². The normalized spacial score (nSPS) is 17.2. The van der Waals surface area contributed by atoms with Crippen molar-refractivity contribution in [1.82, 2.24) is 0 Å². The molecule has 0 spiro atoms. The van der Waals surface area contributed by atoms with Crippen molar-refractivity contribution in [3.63, 3.8) is 0 Å². The van der Waals surface area contributed by atoms with Crippen LogP contribution in [0, 0.1) is 11.8 Å². The second kappa shape index (κ2) is 15.4. The Morgan fingerprint density at radius 1 is 0.257 bits per heavy atom. The third kappa shape index (κ3) is 6.92. The van der Waals surface area contributed by atoms with Crippen molar-refractivity contribution >= 4 is 43.8 Å². The third-order valence-electron chi connectivity index (χ3n) is 16.2. The molecule has 0 heterocycles. The van der Waals surface area contributed by atoms with Gasteiger partial charge in [0.25, 0.3) is 0 Å². The van der Waals surface area contributed by atoms with E-state index in [9.17, 15) is 0 Å². The zero-order valence-electron chi connectivity index (χ0n) is 43.3. The molecule has 8 aromatic rings. The second-order valence-electron chi connectivity index (χ2n) is 24.9. The van der Waals surface area contributed by atoms with Crippen molar-refractivity contribution in [2.45, 2.75) is 105 Å². The van der Waals surface area contributed by atoms with Crippen molar-refractivity contribution < 1.29 is 0 Å². The molecule has 4 aliphatic rings. The van der Waals surface area contributed by atoms with Crippen LogP contribution < -0.4 is 0 Å². The van der Waals surface area contributed by atoms with Gasteiger partial charge < -0.3 is 0 Å². The molecule has 346 valence electrons. The Labute approximate surface area is 417 Å². The standard InChI is InChI=1S/C70H66/c1-67(2,3)45-33-43(34-46(37-45)68(4,5)6)49-27-28-50(44-35-47(69(7,8)9)38-48(36-44)70(10,11)12)64-56-32-30-54-58-40-60-59(39-57(58)53-29-31-55(63(49)64)66(56)65(53)54)61(41-21-15-13-16-22-41)51-25-19-20-26-52(51)62(60)42-23-17-14-18-24-42/h13-40,65-66H,1-12H3. The molecule has 0 aromatic heterocycles. The lowest BCUT2D eigenvalue weighted by molar-refractivity contribution is 0.568. The van der Waals surface area contributed by atoms with E-state index in [1.807, 2.05) is 0 Å². The van der Waals surface area contributed by atoms with Gasteiger partial charge in [-0.05, 0) is 167 Å². The first-order valence-electron chi connectivity index (χ1n) is 25.7. The highest BCUT2D eigenvalue weighted by Crippen LogP contribution is 2.66. The minimum atomic E-state index is -0.00127. The fraction of sp³-hybridized carbons (Fsp3) is 0.257. The highest BCUT2D eigenvalue weighted by atomic mass is 14.5. The molecule has 0 amide bonds. The minimum Gasteiger partial charge on any atom is -0.0622 e. The molecule has 0 bridgehead atoms. The quantitative estimate of drug-likeness (QED) is 0.154. The van der Waals surface area contributed by atoms with Crippen LogP contribution in [0.5, 0.6) is 0 Å². The van der Waals surface area contributed by atoms with Gasteiger partial charge >= 0.3 is 0 Å². The van der Waals surface area contributed by atoms with Crippen molar-refractivity contribution in [2.24, 2.45) is 11.8 Å². The van der Waals surface area contributed by atoms with E-state index < -0.39 is 0 Å². The highest BCUT2D eigenvalue weighted by molar-refractivity contribution is 6.23. The molecule has 0 fully saturated rings. The van der Waals surface area contributed by atoms with E-state index in [4.69, 9.17) is 0 Å². The van der Waals surface area contributed by atoms with Gasteiger partial charge in [-0.1, -0.05) is 241 Å². The van der Waals surface area contributed by atoms with Crippen molar-refractivity contribution in [2.75, 3.05) is 0 Å². The van der Waals surface area contributed by atoms with Crippen molar-refractivity contribution in [3.05, 3.63) is 214 Å². The fourth-order valence-electron chi connectivity index (χ4n) is 12.3. The molecule has 0 atom stereocenters. The number of rotatable bonds is 4. The Bertz CT molecular complexity index is 3340. The first-order valence-corrected chi connectivity index (χ1v) is 25.7. The Hall–Kier alpha value is -6.76. The number of benzene rings is 8. The van der Waals surface area contributed by atoms with Gasteiger partial charge in [0.1, 0.15) is 0 Å². The second-order valence-corrected chi connectivity index (χ2v) is 24.9. The Morgan fingerprint density at radius 3 is 0.914 bits per heavy atom. The van der Waals surface area contributed by atoms with Gasteiger partial charge in [0.2, 0.25) is 0 Å². The highest BCUT2D eigenvalue weighted by Gasteiger charge is 2.49. The predicted octanol–water partition coefficient (Wildman–Crippen LogP) is 19.4. The molecule has 0 aliphatic heterocycles. The summed E-state index contributed by atoms with van der Waals surface area (Å²) in [7, 11) is 0. The average Bonchev–Trinajstić information content (AvgIpc) is 3.83. The molecular weight excluding hydrogens is 841 g/mol. The zero-order chi connectivity index (χ0) is 48.8. The van der Waals surface area contributed by atoms with Crippen LogP contribution in [-0.2, 0) is 21.7 Å².